The Labute approximate surface area is 106 Å². The third-order valence-electron chi connectivity index (χ3n) is 4.26. The van der Waals surface area contributed by atoms with E-state index in [-0.39, 0.29) is 5.92 Å². The minimum atomic E-state index is 0.283. The van der Waals surface area contributed by atoms with Gasteiger partial charge >= 0.3 is 0 Å². The van der Waals surface area contributed by atoms with Gasteiger partial charge in [-0.25, -0.2) is 0 Å². The first kappa shape index (κ1) is 12.9. The van der Waals surface area contributed by atoms with Crippen LogP contribution in [-0.4, -0.2) is 23.5 Å². The van der Waals surface area contributed by atoms with E-state index in [0.717, 1.165) is 18.4 Å². The molecular formula is C15H26N2. The average Bonchev–Trinajstić information content (AvgIpc) is 3.09. The molecule has 0 aromatic carbocycles. The molecule has 3 atom stereocenters. The maximum absolute atomic E-state index is 9.36. The van der Waals surface area contributed by atoms with Crippen molar-refractivity contribution in [3.05, 3.63) is 0 Å². The molecule has 17 heavy (non-hydrogen) atoms. The maximum atomic E-state index is 9.36. The van der Waals surface area contributed by atoms with Gasteiger partial charge in [-0.2, -0.15) is 5.26 Å². The highest BCUT2D eigenvalue weighted by Gasteiger charge is 2.40. The van der Waals surface area contributed by atoms with Gasteiger partial charge in [-0.15, -0.1) is 0 Å². The molecule has 0 aromatic rings. The normalized spacial score (nSPS) is 34.0. The molecule has 0 radical (unpaired) electrons. The number of nitrogens with zero attached hydrogens (tertiary/aromatic N) is 2. The molecule has 2 fully saturated rings. The van der Waals surface area contributed by atoms with Gasteiger partial charge in [0, 0.05) is 18.6 Å². The van der Waals surface area contributed by atoms with Crippen LogP contribution >= 0.6 is 0 Å². The van der Waals surface area contributed by atoms with Crippen molar-refractivity contribution in [2.45, 2.75) is 65.0 Å². The van der Waals surface area contributed by atoms with Crippen molar-refractivity contribution in [2.75, 3.05) is 6.54 Å². The Bertz CT molecular complexity index is 288. The summed E-state index contributed by atoms with van der Waals surface area (Å²) in [6.45, 7) is 8.12. The van der Waals surface area contributed by atoms with Gasteiger partial charge in [0.1, 0.15) is 0 Å². The highest BCUT2D eigenvalue weighted by atomic mass is 15.2. The summed E-state index contributed by atoms with van der Waals surface area (Å²) in [6, 6.07) is 3.90. The van der Waals surface area contributed by atoms with Crippen molar-refractivity contribution in [3.63, 3.8) is 0 Å². The van der Waals surface area contributed by atoms with E-state index in [2.05, 4.69) is 31.7 Å². The molecule has 96 valence electrons. The lowest BCUT2D eigenvalue weighted by atomic mass is 9.78. The van der Waals surface area contributed by atoms with E-state index in [0.29, 0.717) is 12.0 Å². The molecule has 0 heterocycles. The Morgan fingerprint density at radius 1 is 1.24 bits per heavy atom. The molecule has 2 saturated carbocycles. The summed E-state index contributed by atoms with van der Waals surface area (Å²) in [5.74, 6) is 1.80. The van der Waals surface area contributed by atoms with E-state index >= 15 is 0 Å². The summed E-state index contributed by atoms with van der Waals surface area (Å²) in [6.07, 6.45) is 6.31. The molecule has 2 rings (SSSR count). The topological polar surface area (TPSA) is 27.0 Å². The van der Waals surface area contributed by atoms with E-state index in [1.165, 1.54) is 32.2 Å². The van der Waals surface area contributed by atoms with Gasteiger partial charge in [0.2, 0.25) is 0 Å². The molecule has 3 unspecified atom stereocenters. The van der Waals surface area contributed by atoms with Crippen LogP contribution in [0.25, 0.3) is 0 Å². The summed E-state index contributed by atoms with van der Waals surface area (Å²) in [5.41, 5.74) is 0. The largest absolute Gasteiger partial charge is 0.296 e. The smallest absolute Gasteiger partial charge is 0.0672 e. The van der Waals surface area contributed by atoms with Crippen LogP contribution < -0.4 is 0 Å². The second-order valence-electron chi connectivity index (χ2n) is 6.54. The second-order valence-corrected chi connectivity index (χ2v) is 6.54. The fraction of sp³-hybridized carbons (Fsp3) is 0.933. The van der Waals surface area contributed by atoms with Gasteiger partial charge in [-0.1, -0.05) is 20.8 Å². The summed E-state index contributed by atoms with van der Waals surface area (Å²) >= 11 is 0. The van der Waals surface area contributed by atoms with Crippen molar-refractivity contribution in [3.8, 4) is 6.07 Å². The van der Waals surface area contributed by atoms with Gasteiger partial charge in [-0.3, -0.25) is 4.90 Å². The van der Waals surface area contributed by atoms with Crippen LogP contribution in [-0.2, 0) is 0 Å². The van der Waals surface area contributed by atoms with Crippen molar-refractivity contribution < 1.29 is 0 Å². The van der Waals surface area contributed by atoms with Gasteiger partial charge in [0.25, 0.3) is 0 Å². The zero-order chi connectivity index (χ0) is 12.4. The van der Waals surface area contributed by atoms with Crippen LogP contribution in [0, 0.1) is 29.1 Å². The van der Waals surface area contributed by atoms with Gasteiger partial charge < -0.3 is 0 Å². The van der Waals surface area contributed by atoms with Crippen LogP contribution in [0.4, 0.5) is 0 Å². The van der Waals surface area contributed by atoms with E-state index in [4.69, 9.17) is 0 Å². The van der Waals surface area contributed by atoms with Crippen LogP contribution in [0.1, 0.15) is 52.9 Å². The quantitative estimate of drug-likeness (QED) is 0.745. The molecule has 2 aliphatic carbocycles. The monoisotopic (exact) mass is 234 g/mol. The lowest BCUT2D eigenvalue weighted by Gasteiger charge is -2.40. The molecule has 2 heteroatoms. The Balaban J connectivity index is 2.06. The highest BCUT2D eigenvalue weighted by Crippen LogP contribution is 2.38. The zero-order valence-corrected chi connectivity index (χ0v) is 11.5. The standard InChI is InChI=1S/C15H26N2/c1-11(2)10-17(14-6-7-14)15-8-12(3)4-5-13(15)9-16/h11-15H,4-8,10H2,1-3H3. The minimum absolute atomic E-state index is 0.283. The molecule has 0 N–H and O–H groups in total. The van der Waals surface area contributed by atoms with E-state index < -0.39 is 0 Å². The van der Waals surface area contributed by atoms with Crippen LogP contribution in [0.2, 0.25) is 0 Å². The molecular weight excluding hydrogens is 208 g/mol. The Morgan fingerprint density at radius 3 is 2.47 bits per heavy atom. The number of hydrogen-bond acceptors (Lipinski definition) is 2. The van der Waals surface area contributed by atoms with Crippen molar-refractivity contribution >= 4 is 0 Å². The van der Waals surface area contributed by atoms with Crippen LogP contribution in [0.3, 0.4) is 0 Å². The Hall–Kier alpha value is -0.550. The first-order valence-corrected chi connectivity index (χ1v) is 7.27. The van der Waals surface area contributed by atoms with Crippen molar-refractivity contribution in [1.82, 2.24) is 4.90 Å². The van der Waals surface area contributed by atoms with Crippen LogP contribution in [0.5, 0.6) is 0 Å². The second kappa shape index (κ2) is 5.40. The van der Waals surface area contributed by atoms with Gasteiger partial charge in [0.15, 0.2) is 0 Å². The molecule has 0 bridgehead atoms. The number of nitriles is 1. The third-order valence-corrected chi connectivity index (χ3v) is 4.26. The van der Waals surface area contributed by atoms with E-state index in [1.54, 1.807) is 0 Å². The Kier molecular flexibility index (Phi) is 4.09. The van der Waals surface area contributed by atoms with Gasteiger partial charge in [0.05, 0.1) is 12.0 Å². The SMILES string of the molecule is CC(C)CN(C1CC1)C1CC(C)CCC1C#N. The first-order valence-electron chi connectivity index (χ1n) is 7.27. The van der Waals surface area contributed by atoms with Crippen LogP contribution in [0.15, 0.2) is 0 Å². The Morgan fingerprint density at radius 2 is 1.94 bits per heavy atom. The first-order chi connectivity index (χ1) is 8.11. The number of rotatable bonds is 4. The predicted octanol–water partition coefficient (Wildman–Crippen LogP) is 3.44. The highest BCUT2D eigenvalue weighted by molar-refractivity contribution is 5.00. The van der Waals surface area contributed by atoms with E-state index in [9.17, 15) is 5.26 Å². The zero-order valence-electron chi connectivity index (χ0n) is 11.5. The molecule has 0 aromatic heterocycles. The molecule has 0 saturated heterocycles. The predicted molar refractivity (Wildman–Crippen MR) is 70.5 cm³/mol. The maximum Gasteiger partial charge on any atom is 0.0672 e. The fourth-order valence-electron chi connectivity index (χ4n) is 3.25. The minimum Gasteiger partial charge on any atom is -0.296 e. The molecule has 2 aliphatic rings. The average molecular weight is 234 g/mol. The number of hydrogen-bond donors (Lipinski definition) is 0. The lowest BCUT2D eigenvalue weighted by molar-refractivity contribution is 0.0865. The fourth-order valence-corrected chi connectivity index (χ4v) is 3.25. The van der Waals surface area contributed by atoms with Crippen molar-refractivity contribution in [2.24, 2.45) is 17.8 Å². The molecule has 0 spiro atoms. The van der Waals surface area contributed by atoms with E-state index in [1.807, 2.05) is 0 Å². The third kappa shape index (κ3) is 3.22. The lowest BCUT2D eigenvalue weighted by Crippen LogP contribution is -2.46. The summed E-state index contributed by atoms with van der Waals surface area (Å²) in [4.78, 5) is 2.67. The summed E-state index contributed by atoms with van der Waals surface area (Å²) in [7, 11) is 0. The molecule has 2 nitrogen and oxygen atoms in total. The summed E-state index contributed by atoms with van der Waals surface area (Å²) in [5, 5.41) is 9.36. The molecule has 0 aliphatic heterocycles. The van der Waals surface area contributed by atoms with Gasteiger partial charge in [-0.05, 0) is 43.9 Å². The molecule has 0 amide bonds. The van der Waals surface area contributed by atoms with Crippen molar-refractivity contribution in [1.29, 1.82) is 5.26 Å². The summed E-state index contributed by atoms with van der Waals surface area (Å²) < 4.78 is 0.